The number of carbonyl (C=O) groups is 1. The number of rotatable bonds is 4. The van der Waals surface area contributed by atoms with Crippen molar-refractivity contribution in [1.29, 1.82) is 0 Å². The third kappa shape index (κ3) is 4.84. The molecule has 0 spiro atoms. The van der Waals surface area contributed by atoms with Crippen LogP contribution in [-0.4, -0.2) is 90.0 Å². The summed E-state index contributed by atoms with van der Waals surface area (Å²) in [4.78, 5) is 21.5. The van der Waals surface area contributed by atoms with Crippen molar-refractivity contribution in [1.82, 2.24) is 20.1 Å². The highest BCUT2D eigenvalue weighted by Crippen LogP contribution is 2.50. The zero-order valence-electron chi connectivity index (χ0n) is 20.7. The van der Waals surface area contributed by atoms with Gasteiger partial charge in [-0.15, -0.1) is 0 Å². The van der Waals surface area contributed by atoms with E-state index in [1.54, 1.807) is 16.9 Å². The van der Waals surface area contributed by atoms with E-state index < -0.39 is 17.2 Å². The molecular weight excluding hydrogens is 493 g/mol. The Hall–Kier alpha value is -2.64. The number of guanidine groups is 1. The largest absolute Gasteiger partial charge is 0.417 e. The van der Waals surface area contributed by atoms with Crippen molar-refractivity contribution < 1.29 is 32.6 Å². The number of hydrogen-bond donors (Lipinski definition) is 3. The number of amides is 1. The molecule has 2 saturated heterocycles. The van der Waals surface area contributed by atoms with Crippen molar-refractivity contribution in [3.8, 4) is 0 Å². The van der Waals surface area contributed by atoms with Crippen LogP contribution in [0, 0.1) is 11.3 Å². The van der Waals surface area contributed by atoms with E-state index in [0.29, 0.717) is 50.4 Å². The number of nitrogens with one attached hydrogen (secondary N) is 1. The monoisotopic (exact) mass is 526 g/mol. The van der Waals surface area contributed by atoms with E-state index in [2.05, 4.69) is 15.5 Å². The van der Waals surface area contributed by atoms with Gasteiger partial charge in [-0.2, -0.15) is 13.2 Å². The second kappa shape index (κ2) is 9.91. The molecule has 13 heteroatoms. The number of aromatic nitrogens is 1. The molecule has 0 radical (unpaired) electrons. The number of pyridine rings is 1. The lowest BCUT2D eigenvalue weighted by molar-refractivity contribution is -0.143. The number of oxime groups is 1. The number of likely N-dealkylation sites (tertiary alicyclic amines) is 1. The first kappa shape index (κ1) is 26.0. The van der Waals surface area contributed by atoms with Crippen molar-refractivity contribution >= 4 is 11.9 Å². The summed E-state index contributed by atoms with van der Waals surface area (Å²) >= 11 is 0. The molecule has 1 aromatic heterocycles. The number of nitrogens with two attached hydrogens (primary N) is 1. The number of halogens is 3. The molecule has 5 rings (SSSR count). The van der Waals surface area contributed by atoms with Crippen LogP contribution in [0.5, 0.6) is 0 Å². The van der Waals surface area contributed by atoms with E-state index in [1.807, 2.05) is 0 Å². The Kier molecular flexibility index (Phi) is 6.96. The maximum Gasteiger partial charge on any atom is 0.417 e. The third-order valence-corrected chi connectivity index (χ3v) is 8.44. The van der Waals surface area contributed by atoms with Crippen molar-refractivity contribution in [2.45, 2.75) is 56.6 Å². The number of carbonyl (C=O) groups excluding carboxylic acids is 1. The van der Waals surface area contributed by atoms with Crippen LogP contribution in [-0.2, 0) is 33.4 Å². The molecular formula is C24H33F3N6O4. The summed E-state index contributed by atoms with van der Waals surface area (Å²) in [5.74, 6) is -0.203. The van der Waals surface area contributed by atoms with E-state index in [1.165, 1.54) is 0 Å². The molecule has 4 aliphatic rings. The highest BCUT2D eigenvalue weighted by molar-refractivity contribution is 5.87. The molecule has 0 bridgehead atoms. The van der Waals surface area contributed by atoms with Crippen LogP contribution in [0.4, 0.5) is 13.2 Å². The summed E-state index contributed by atoms with van der Waals surface area (Å²) in [5, 5.41) is 16.1. The number of ether oxygens (including phenoxy) is 2. The molecule has 1 saturated carbocycles. The Bertz CT molecular complexity index is 1060. The van der Waals surface area contributed by atoms with Gasteiger partial charge < -0.3 is 35.5 Å². The minimum atomic E-state index is -4.50. The second-order valence-corrected chi connectivity index (χ2v) is 10.5. The first-order valence-electron chi connectivity index (χ1n) is 12.6. The Labute approximate surface area is 212 Å². The number of hydrogen-bond acceptors (Lipinski definition) is 7. The van der Waals surface area contributed by atoms with E-state index >= 15 is 0 Å². The van der Waals surface area contributed by atoms with Crippen LogP contribution in [0.25, 0.3) is 0 Å². The first-order chi connectivity index (χ1) is 17.6. The number of methoxy groups -OCH3 is 1. The number of alkyl halides is 3. The molecule has 3 aliphatic heterocycles. The van der Waals surface area contributed by atoms with Crippen LogP contribution in [0.1, 0.15) is 36.1 Å². The standard InChI is InChI=1S/C24H33F3N6O4/c1-36-20-12-37-5-3-19(20)30-17-7-16-11-33(22(28)31-35)13-23(16,8-17)21(34)32-4-2-18-14(10-32)6-15(9-29-18)24(25,26)27/h6,9,16-17,19-20,30,35H,2-5,7-8,10-13H2,1H3,(H2,28,31)/t16-,17+,19?,20?,23-/m0/s1. The lowest BCUT2D eigenvalue weighted by Gasteiger charge is -2.37. The van der Waals surface area contributed by atoms with Crippen LogP contribution in [0.15, 0.2) is 17.4 Å². The van der Waals surface area contributed by atoms with E-state index in [9.17, 15) is 23.2 Å². The zero-order valence-corrected chi connectivity index (χ0v) is 20.7. The van der Waals surface area contributed by atoms with Gasteiger partial charge in [-0.3, -0.25) is 9.78 Å². The van der Waals surface area contributed by atoms with Gasteiger partial charge >= 0.3 is 6.18 Å². The average Bonchev–Trinajstić information content (AvgIpc) is 3.41. The minimum Gasteiger partial charge on any atom is -0.408 e. The molecule has 0 aromatic carbocycles. The van der Waals surface area contributed by atoms with E-state index in [0.717, 1.165) is 25.1 Å². The molecule has 4 heterocycles. The van der Waals surface area contributed by atoms with E-state index in [4.69, 9.17) is 15.2 Å². The topological polar surface area (TPSA) is 126 Å². The fourth-order valence-corrected chi connectivity index (χ4v) is 6.57. The lowest BCUT2D eigenvalue weighted by Crippen LogP contribution is -2.52. The summed E-state index contributed by atoms with van der Waals surface area (Å²) < 4.78 is 51.0. The first-order valence-corrected chi connectivity index (χ1v) is 12.6. The predicted molar refractivity (Wildman–Crippen MR) is 125 cm³/mol. The molecule has 1 amide bonds. The molecule has 5 atom stereocenters. The van der Waals surface area contributed by atoms with Crippen LogP contribution in [0.2, 0.25) is 0 Å². The van der Waals surface area contributed by atoms with Crippen LogP contribution in [0.3, 0.4) is 0 Å². The zero-order chi connectivity index (χ0) is 26.4. The van der Waals surface area contributed by atoms with Gasteiger partial charge in [0.05, 0.1) is 23.7 Å². The fraction of sp³-hybridized carbons (Fsp3) is 0.708. The van der Waals surface area contributed by atoms with Gasteiger partial charge in [0.15, 0.2) is 0 Å². The molecule has 10 nitrogen and oxygen atoms in total. The smallest absolute Gasteiger partial charge is 0.408 e. The Morgan fingerprint density at radius 2 is 2.22 bits per heavy atom. The maximum absolute atomic E-state index is 14.2. The van der Waals surface area contributed by atoms with Crippen LogP contribution < -0.4 is 11.1 Å². The van der Waals surface area contributed by atoms with E-state index in [-0.39, 0.29) is 49.1 Å². The summed E-state index contributed by atoms with van der Waals surface area (Å²) in [7, 11) is 1.66. The summed E-state index contributed by atoms with van der Waals surface area (Å²) in [6.45, 7) is 2.35. The van der Waals surface area contributed by atoms with Crippen LogP contribution >= 0.6 is 0 Å². The molecule has 204 valence electrons. The molecule has 3 fully saturated rings. The van der Waals surface area contributed by atoms with Crippen molar-refractivity contribution in [2.24, 2.45) is 22.2 Å². The number of nitrogens with zero attached hydrogens (tertiary/aromatic N) is 4. The van der Waals surface area contributed by atoms with Gasteiger partial charge in [0.1, 0.15) is 0 Å². The lowest BCUT2D eigenvalue weighted by atomic mass is 9.78. The second-order valence-electron chi connectivity index (χ2n) is 10.5. The normalized spacial score (nSPS) is 32.4. The number of fused-ring (bicyclic) bond motifs is 2. The predicted octanol–water partition coefficient (Wildman–Crippen LogP) is 1.16. The summed E-state index contributed by atoms with van der Waals surface area (Å²) in [6.07, 6.45) is -1.27. The summed E-state index contributed by atoms with van der Waals surface area (Å²) in [5.41, 5.74) is 5.30. The fourth-order valence-electron chi connectivity index (χ4n) is 6.57. The molecule has 4 N–H and O–H groups in total. The quantitative estimate of drug-likeness (QED) is 0.231. The molecule has 1 aromatic rings. The average molecular weight is 527 g/mol. The summed E-state index contributed by atoms with van der Waals surface area (Å²) in [6, 6.07) is 1.26. The maximum atomic E-state index is 14.2. The van der Waals surface area contributed by atoms with Gasteiger partial charge in [-0.25, -0.2) is 0 Å². The van der Waals surface area contributed by atoms with Gasteiger partial charge in [0.25, 0.3) is 0 Å². The van der Waals surface area contributed by atoms with Gasteiger partial charge in [-0.05, 0) is 36.8 Å². The van der Waals surface area contributed by atoms with Gasteiger partial charge in [-0.1, -0.05) is 5.16 Å². The highest BCUT2D eigenvalue weighted by atomic mass is 19.4. The minimum absolute atomic E-state index is 0.0435. The highest BCUT2D eigenvalue weighted by Gasteiger charge is 2.59. The van der Waals surface area contributed by atoms with Crippen molar-refractivity contribution in [3.63, 3.8) is 0 Å². The Balaban J connectivity index is 1.37. The molecule has 37 heavy (non-hydrogen) atoms. The van der Waals surface area contributed by atoms with Crippen molar-refractivity contribution in [3.05, 3.63) is 29.1 Å². The Morgan fingerprint density at radius 1 is 1.41 bits per heavy atom. The van der Waals surface area contributed by atoms with Gasteiger partial charge in [0, 0.05) is 70.3 Å². The Morgan fingerprint density at radius 3 is 2.95 bits per heavy atom. The molecule has 2 unspecified atom stereocenters. The SMILES string of the molecule is COC1COCCC1N[C@@H]1C[C@H]2CN(/C(N)=N/O)C[C@@]2(C(=O)N2CCc3ncc(C(F)(F)F)cc3C2)C1. The third-order valence-electron chi connectivity index (χ3n) is 8.44. The molecule has 1 aliphatic carbocycles. The van der Waals surface area contributed by atoms with Gasteiger partial charge in [0.2, 0.25) is 11.9 Å². The van der Waals surface area contributed by atoms with Crippen molar-refractivity contribution in [2.75, 3.05) is 40.0 Å².